The van der Waals surface area contributed by atoms with E-state index in [-0.39, 0.29) is 11.5 Å². The fraction of sp³-hybridized carbons (Fsp3) is 0.0833. The summed E-state index contributed by atoms with van der Waals surface area (Å²) in [5.41, 5.74) is 0.905. The molecule has 0 bridgehead atoms. The Morgan fingerprint density at radius 1 is 1.05 bits per heavy atom. The van der Waals surface area contributed by atoms with Gasteiger partial charge < -0.3 is 10.3 Å². The topological polar surface area (TPSA) is 66.5 Å². The second-order valence-corrected chi connectivity index (χ2v) is 3.99. The fourth-order valence-electron chi connectivity index (χ4n) is 1.71. The van der Waals surface area contributed by atoms with Crippen LogP contribution in [0.25, 0.3) is 11.2 Å². The van der Waals surface area contributed by atoms with Gasteiger partial charge in [-0.15, -0.1) is 0 Å². The summed E-state index contributed by atoms with van der Waals surface area (Å²) >= 11 is 0. The van der Waals surface area contributed by atoms with E-state index < -0.39 is 12.0 Å². The molecule has 0 saturated carbocycles. The van der Waals surface area contributed by atoms with Crippen molar-refractivity contribution in [1.29, 1.82) is 0 Å². The molecule has 5 nitrogen and oxygen atoms in total. The number of aromatic amines is 1. The van der Waals surface area contributed by atoms with Crippen molar-refractivity contribution in [3.8, 4) is 0 Å². The van der Waals surface area contributed by atoms with E-state index in [1.165, 1.54) is 6.33 Å². The van der Waals surface area contributed by atoms with Crippen molar-refractivity contribution in [3.05, 3.63) is 42.5 Å². The minimum atomic E-state index is -4.62. The minimum Gasteiger partial charge on any atom is -0.340 e. The summed E-state index contributed by atoms with van der Waals surface area (Å²) in [5.74, 6) is -1.19. The summed E-state index contributed by atoms with van der Waals surface area (Å²) in [5, 5.41) is 2.82. The molecule has 0 radical (unpaired) electrons. The van der Waals surface area contributed by atoms with Crippen molar-refractivity contribution in [2.24, 2.45) is 0 Å². The Bertz CT molecular complexity index is 736. The van der Waals surface area contributed by atoms with Gasteiger partial charge in [-0.25, -0.2) is 15.0 Å². The lowest BCUT2D eigenvalue weighted by atomic mass is 10.3. The zero-order chi connectivity index (χ0) is 14.2. The van der Waals surface area contributed by atoms with Gasteiger partial charge in [-0.2, -0.15) is 13.2 Å². The summed E-state index contributed by atoms with van der Waals surface area (Å²) in [4.78, 5) is 13.4. The monoisotopic (exact) mass is 279 g/mol. The van der Waals surface area contributed by atoms with Crippen molar-refractivity contribution in [2.75, 3.05) is 5.32 Å². The molecule has 2 N–H and O–H groups in total. The van der Waals surface area contributed by atoms with Gasteiger partial charge in [0.05, 0.1) is 6.33 Å². The molecule has 0 unspecified atom stereocenters. The van der Waals surface area contributed by atoms with Gasteiger partial charge >= 0.3 is 6.18 Å². The molecule has 0 fully saturated rings. The van der Waals surface area contributed by atoms with E-state index in [1.54, 1.807) is 30.3 Å². The maximum Gasteiger partial charge on any atom is 0.451 e. The van der Waals surface area contributed by atoms with Gasteiger partial charge in [-0.05, 0) is 12.1 Å². The number of anilines is 2. The number of rotatable bonds is 2. The number of nitrogens with one attached hydrogen (secondary N) is 2. The molecule has 0 amide bonds. The molecule has 1 aromatic carbocycles. The molecule has 0 saturated heterocycles. The Morgan fingerprint density at radius 2 is 1.80 bits per heavy atom. The molecular weight excluding hydrogens is 271 g/mol. The highest BCUT2D eigenvalue weighted by Gasteiger charge is 2.36. The first-order chi connectivity index (χ1) is 9.54. The Labute approximate surface area is 110 Å². The van der Waals surface area contributed by atoms with E-state index in [9.17, 15) is 13.2 Å². The number of fused-ring (bicyclic) bond motifs is 1. The molecule has 0 aliphatic carbocycles. The van der Waals surface area contributed by atoms with Gasteiger partial charge in [0.25, 0.3) is 0 Å². The predicted octanol–water partition coefficient (Wildman–Crippen LogP) is 3.12. The summed E-state index contributed by atoms with van der Waals surface area (Å²) in [6.45, 7) is 0. The molecule has 2 heterocycles. The fourth-order valence-corrected chi connectivity index (χ4v) is 1.71. The molecule has 0 aliphatic rings. The van der Waals surface area contributed by atoms with E-state index in [0.717, 1.165) is 0 Å². The number of benzene rings is 1. The third-order valence-corrected chi connectivity index (χ3v) is 2.58. The van der Waals surface area contributed by atoms with Crippen LogP contribution in [0.15, 0.2) is 36.7 Å². The third kappa shape index (κ3) is 2.27. The Morgan fingerprint density at radius 3 is 2.50 bits per heavy atom. The minimum absolute atomic E-state index is 0.0334. The van der Waals surface area contributed by atoms with Crippen molar-refractivity contribution < 1.29 is 13.2 Å². The zero-order valence-corrected chi connectivity index (χ0v) is 9.94. The lowest BCUT2D eigenvalue weighted by molar-refractivity contribution is -0.144. The number of alkyl halides is 3. The highest BCUT2D eigenvalue weighted by molar-refractivity contribution is 5.84. The lowest BCUT2D eigenvalue weighted by Crippen LogP contribution is -2.12. The molecule has 3 rings (SSSR count). The Kier molecular flexibility index (Phi) is 2.78. The molecule has 0 atom stereocenters. The van der Waals surface area contributed by atoms with Crippen LogP contribution in [-0.2, 0) is 6.18 Å². The van der Waals surface area contributed by atoms with Crippen molar-refractivity contribution in [1.82, 2.24) is 19.9 Å². The van der Waals surface area contributed by atoms with Crippen LogP contribution >= 0.6 is 0 Å². The molecule has 102 valence electrons. The largest absolute Gasteiger partial charge is 0.451 e. The van der Waals surface area contributed by atoms with Crippen LogP contribution in [0.2, 0.25) is 0 Å². The first-order valence-electron chi connectivity index (χ1n) is 5.64. The molecule has 8 heteroatoms. The number of aromatic nitrogens is 4. The number of halogens is 3. The van der Waals surface area contributed by atoms with E-state index in [0.29, 0.717) is 11.2 Å². The van der Waals surface area contributed by atoms with E-state index >= 15 is 0 Å². The zero-order valence-electron chi connectivity index (χ0n) is 9.94. The van der Waals surface area contributed by atoms with Crippen LogP contribution in [0.1, 0.15) is 5.82 Å². The quantitative estimate of drug-likeness (QED) is 0.756. The summed E-state index contributed by atoms with van der Waals surface area (Å²) in [6, 6.07) is 8.77. The van der Waals surface area contributed by atoms with Gasteiger partial charge in [-0.1, -0.05) is 18.2 Å². The third-order valence-electron chi connectivity index (χ3n) is 2.58. The van der Waals surface area contributed by atoms with E-state index in [4.69, 9.17) is 0 Å². The summed E-state index contributed by atoms with van der Waals surface area (Å²) in [7, 11) is 0. The highest BCUT2D eigenvalue weighted by atomic mass is 19.4. The second kappa shape index (κ2) is 4.48. The van der Waals surface area contributed by atoms with E-state index in [2.05, 4.69) is 25.3 Å². The van der Waals surface area contributed by atoms with Crippen LogP contribution in [0.5, 0.6) is 0 Å². The summed E-state index contributed by atoms with van der Waals surface area (Å²) in [6.07, 6.45) is -3.35. The van der Waals surface area contributed by atoms with Gasteiger partial charge in [-0.3, -0.25) is 0 Å². The van der Waals surface area contributed by atoms with Gasteiger partial charge in [0.1, 0.15) is 5.52 Å². The lowest BCUT2D eigenvalue weighted by Gasteiger charge is -2.09. The number of para-hydroxylation sites is 1. The van der Waals surface area contributed by atoms with Crippen LogP contribution in [0.3, 0.4) is 0 Å². The number of hydrogen-bond acceptors (Lipinski definition) is 4. The first-order valence-corrected chi connectivity index (χ1v) is 5.64. The molecular formula is C12H8F3N5. The van der Waals surface area contributed by atoms with Gasteiger partial charge in [0.15, 0.2) is 11.5 Å². The smallest absolute Gasteiger partial charge is 0.340 e. The van der Waals surface area contributed by atoms with Gasteiger partial charge in [0.2, 0.25) is 5.82 Å². The number of hydrogen-bond donors (Lipinski definition) is 2. The highest BCUT2D eigenvalue weighted by Crippen LogP contribution is 2.30. The number of H-pyrrole nitrogens is 1. The number of nitrogens with zero attached hydrogens (tertiary/aromatic N) is 3. The van der Waals surface area contributed by atoms with Crippen LogP contribution < -0.4 is 5.32 Å². The van der Waals surface area contributed by atoms with Crippen LogP contribution in [0, 0.1) is 0 Å². The number of imidazole rings is 1. The van der Waals surface area contributed by atoms with Crippen molar-refractivity contribution in [3.63, 3.8) is 0 Å². The van der Waals surface area contributed by atoms with Crippen molar-refractivity contribution >= 4 is 22.7 Å². The Hall–Kier alpha value is -2.64. The average molecular weight is 279 g/mol. The standard InChI is InChI=1S/C12H8F3N5/c13-12(14,15)11-19-9-8(16-6-17-9)10(20-11)18-7-4-2-1-3-5-7/h1-6H,(H2,16,17,18,19,20). The molecule has 0 spiro atoms. The summed E-state index contributed by atoms with van der Waals surface area (Å²) < 4.78 is 38.3. The molecule has 3 aromatic rings. The van der Waals surface area contributed by atoms with Crippen LogP contribution in [-0.4, -0.2) is 19.9 Å². The van der Waals surface area contributed by atoms with Crippen LogP contribution in [0.4, 0.5) is 24.7 Å². The normalized spacial score (nSPS) is 11.8. The maximum atomic E-state index is 12.8. The average Bonchev–Trinajstić information content (AvgIpc) is 2.87. The first kappa shape index (κ1) is 12.4. The van der Waals surface area contributed by atoms with E-state index in [1.807, 2.05) is 0 Å². The molecule has 0 aliphatic heterocycles. The molecule has 2 aromatic heterocycles. The predicted molar refractivity (Wildman–Crippen MR) is 66.4 cm³/mol. The van der Waals surface area contributed by atoms with Crippen molar-refractivity contribution in [2.45, 2.75) is 6.18 Å². The van der Waals surface area contributed by atoms with Gasteiger partial charge in [0, 0.05) is 5.69 Å². The second-order valence-electron chi connectivity index (χ2n) is 3.99. The molecule has 20 heavy (non-hydrogen) atoms. The Balaban J connectivity index is 2.11. The SMILES string of the molecule is FC(F)(F)c1nc(Nc2ccccc2)c2[nH]cnc2n1. The maximum absolute atomic E-state index is 12.8.